The highest BCUT2D eigenvalue weighted by Gasteiger charge is 2.53. The molecule has 1 aliphatic heterocycles. The van der Waals surface area contributed by atoms with Crippen molar-refractivity contribution in [3.63, 3.8) is 0 Å². The molecule has 1 fully saturated rings. The lowest BCUT2D eigenvalue weighted by atomic mass is 9.98. The summed E-state index contributed by atoms with van der Waals surface area (Å²) in [4.78, 5) is 46.4. The number of carbonyl (C=O) groups is 4. The largest absolute Gasteiger partial charge is 0.463 e. The first kappa shape index (κ1) is 23.1. The van der Waals surface area contributed by atoms with Crippen LogP contribution < -0.4 is 4.74 Å². The van der Waals surface area contributed by atoms with Crippen molar-refractivity contribution in [2.45, 2.75) is 58.4 Å². The van der Waals surface area contributed by atoms with Crippen molar-refractivity contribution >= 4 is 23.9 Å². The molecule has 0 spiro atoms. The molecule has 0 aliphatic carbocycles. The fourth-order valence-electron chi connectivity index (χ4n) is 2.92. The Bertz CT molecular complexity index is 762. The Morgan fingerprint density at radius 1 is 0.767 bits per heavy atom. The number of ether oxygens (including phenoxy) is 6. The van der Waals surface area contributed by atoms with E-state index in [1.54, 1.807) is 30.3 Å². The van der Waals surface area contributed by atoms with Gasteiger partial charge in [-0.2, -0.15) is 0 Å². The third kappa shape index (κ3) is 6.73. The van der Waals surface area contributed by atoms with Crippen LogP contribution in [0.1, 0.15) is 27.7 Å². The average Bonchev–Trinajstić information content (AvgIpc) is 2.64. The van der Waals surface area contributed by atoms with Crippen LogP contribution in [0.25, 0.3) is 0 Å². The van der Waals surface area contributed by atoms with E-state index < -0.39 is 54.6 Å². The van der Waals surface area contributed by atoms with Crippen molar-refractivity contribution in [1.29, 1.82) is 0 Å². The van der Waals surface area contributed by atoms with Gasteiger partial charge in [0, 0.05) is 27.7 Å². The van der Waals surface area contributed by atoms with Crippen LogP contribution in [0.4, 0.5) is 0 Å². The Kier molecular flexibility index (Phi) is 8.16. The van der Waals surface area contributed by atoms with Gasteiger partial charge in [-0.3, -0.25) is 19.2 Å². The second-order valence-corrected chi connectivity index (χ2v) is 6.50. The molecule has 0 saturated carbocycles. The SMILES string of the molecule is CC(=O)OC[C@@H]1O[C@@H](Oc2ccccc2)[C@H](OC(C)=O)[C@@H](OC(C)=O)[C@H]1OC(C)=O. The zero-order valence-corrected chi connectivity index (χ0v) is 17.1. The summed E-state index contributed by atoms with van der Waals surface area (Å²) >= 11 is 0. The van der Waals surface area contributed by atoms with Crippen molar-refractivity contribution in [3.05, 3.63) is 30.3 Å². The lowest BCUT2D eigenvalue weighted by molar-refractivity contribution is -0.288. The molecule has 10 heteroatoms. The maximum atomic E-state index is 11.7. The van der Waals surface area contributed by atoms with Crippen LogP contribution in [-0.4, -0.2) is 61.2 Å². The third-order valence-electron chi connectivity index (χ3n) is 3.94. The van der Waals surface area contributed by atoms with Crippen LogP contribution >= 0.6 is 0 Å². The van der Waals surface area contributed by atoms with E-state index in [9.17, 15) is 19.2 Å². The molecule has 2 rings (SSSR count). The van der Waals surface area contributed by atoms with Gasteiger partial charge in [-0.25, -0.2) is 0 Å². The minimum Gasteiger partial charge on any atom is -0.463 e. The maximum Gasteiger partial charge on any atom is 0.303 e. The number of para-hydroxylation sites is 1. The first-order chi connectivity index (χ1) is 14.2. The number of carbonyl (C=O) groups excluding carboxylic acids is 4. The molecule has 0 unspecified atom stereocenters. The van der Waals surface area contributed by atoms with Crippen LogP contribution in [0.2, 0.25) is 0 Å². The molecule has 1 aliphatic rings. The van der Waals surface area contributed by atoms with Crippen molar-refractivity contribution < 1.29 is 47.6 Å². The molecular formula is C20H24O10. The average molecular weight is 424 g/mol. The van der Waals surface area contributed by atoms with E-state index in [1.165, 1.54) is 6.92 Å². The Balaban J connectivity index is 2.42. The maximum absolute atomic E-state index is 11.7. The molecule has 0 aromatic heterocycles. The molecular weight excluding hydrogens is 400 g/mol. The van der Waals surface area contributed by atoms with Gasteiger partial charge in [0.05, 0.1) is 0 Å². The van der Waals surface area contributed by atoms with Crippen LogP contribution in [0.3, 0.4) is 0 Å². The van der Waals surface area contributed by atoms with Gasteiger partial charge >= 0.3 is 23.9 Å². The highest BCUT2D eigenvalue weighted by molar-refractivity contribution is 5.68. The Morgan fingerprint density at radius 3 is 1.83 bits per heavy atom. The molecule has 1 heterocycles. The van der Waals surface area contributed by atoms with Crippen LogP contribution in [0.5, 0.6) is 5.75 Å². The molecule has 10 nitrogen and oxygen atoms in total. The van der Waals surface area contributed by atoms with Crippen molar-refractivity contribution in [3.8, 4) is 5.75 Å². The van der Waals surface area contributed by atoms with Crippen molar-refractivity contribution in [1.82, 2.24) is 0 Å². The summed E-state index contributed by atoms with van der Waals surface area (Å²) in [7, 11) is 0. The van der Waals surface area contributed by atoms with Gasteiger partial charge in [-0.15, -0.1) is 0 Å². The van der Waals surface area contributed by atoms with E-state index in [2.05, 4.69) is 0 Å². The fourth-order valence-corrected chi connectivity index (χ4v) is 2.92. The summed E-state index contributed by atoms with van der Waals surface area (Å²) in [5.41, 5.74) is 0. The Hall–Kier alpha value is -3.14. The zero-order chi connectivity index (χ0) is 22.3. The van der Waals surface area contributed by atoms with Crippen molar-refractivity contribution in [2.75, 3.05) is 6.61 Å². The van der Waals surface area contributed by atoms with E-state index in [1.807, 2.05) is 0 Å². The number of hydrogen-bond donors (Lipinski definition) is 0. The highest BCUT2D eigenvalue weighted by Crippen LogP contribution is 2.30. The van der Waals surface area contributed by atoms with Crippen LogP contribution in [-0.2, 0) is 42.9 Å². The Labute approximate surface area is 173 Å². The van der Waals surface area contributed by atoms with Crippen molar-refractivity contribution in [2.24, 2.45) is 0 Å². The zero-order valence-electron chi connectivity index (χ0n) is 17.1. The molecule has 1 saturated heterocycles. The van der Waals surface area contributed by atoms with Crippen LogP contribution in [0.15, 0.2) is 30.3 Å². The molecule has 0 radical (unpaired) electrons. The van der Waals surface area contributed by atoms with E-state index in [0.717, 1.165) is 20.8 Å². The second-order valence-electron chi connectivity index (χ2n) is 6.50. The summed E-state index contributed by atoms with van der Waals surface area (Å²) in [5.74, 6) is -2.30. The molecule has 30 heavy (non-hydrogen) atoms. The highest BCUT2D eigenvalue weighted by atomic mass is 16.7. The minimum absolute atomic E-state index is 0.313. The van der Waals surface area contributed by atoms with Gasteiger partial charge in [0.25, 0.3) is 0 Å². The summed E-state index contributed by atoms with van der Waals surface area (Å²) in [6.07, 6.45) is -6.04. The summed E-state index contributed by atoms with van der Waals surface area (Å²) < 4.78 is 32.6. The second kappa shape index (κ2) is 10.6. The van der Waals surface area contributed by atoms with E-state index in [-0.39, 0.29) is 6.61 Å². The molecule has 0 amide bonds. The standard InChI is InChI=1S/C20H24O10/c1-11(21)25-10-16-17(26-12(2)22)18(27-13(3)23)19(28-14(4)24)20(30-16)29-15-8-6-5-7-9-15/h5-9,16-20H,10H2,1-4H3/t16-,17-,18-,19+,20+/m0/s1. The predicted octanol–water partition coefficient (Wildman–Crippen LogP) is 1.15. The van der Waals surface area contributed by atoms with Gasteiger partial charge in [0.1, 0.15) is 18.5 Å². The normalized spacial score (nSPS) is 25.5. The third-order valence-corrected chi connectivity index (χ3v) is 3.94. The number of hydrogen-bond acceptors (Lipinski definition) is 10. The molecule has 5 atom stereocenters. The molecule has 1 aromatic carbocycles. The summed E-state index contributed by atoms with van der Waals surface area (Å²) in [5, 5.41) is 0. The Morgan fingerprint density at radius 2 is 1.30 bits per heavy atom. The van der Waals surface area contributed by atoms with E-state index >= 15 is 0 Å². The lowest BCUT2D eigenvalue weighted by Gasteiger charge is -2.43. The fraction of sp³-hybridized carbons (Fsp3) is 0.500. The van der Waals surface area contributed by atoms with Gasteiger partial charge in [-0.1, -0.05) is 18.2 Å². The quantitative estimate of drug-likeness (QED) is 0.465. The smallest absolute Gasteiger partial charge is 0.303 e. The van der Waals surface area contributed by atoms with Crippen LogP contribution in [0, 0.1) is 0 Å². The van der Waals surface area contributed by atoms with E-state index in [4.69, 9.17) is 28.4 Å². The molecule has 164 valence electrons. The van der Waals surface area contributed by atoms with E-state index in [0.29, 0.717) is 5.75 Å². The lowest BCUT2D eigenvalue weighted by Crippen LogP contribution is -2.63. The van der Waals surface area contributed by atoms with Gasteiger partial charge in [0.2, 0.25) is 12.4 Å². The number of benzene rings is 1. The van der Waals surface area contributed by atoms with Gasteiger partial charge in [0.15, 0.2) is 12.2 Å². The van der Waals surface area contributed by atoms with Gasteiger partial charge in [-0.05, 0) is 12.1 Å². The summed E-state index contributed by atoms with van der Waals surface area (Å²) in [6.45, 7) is 4.36. The van der Waals surface area contributed by atoms with Gasteiger partial charge < -0.3 is 28.4 Å². The molecule has 0 bridgehead atoms. The first-order valence-corrected chi connectivity index (χ1v) is 9.19. The predicted molar refractivity (Wildman–Crippen MR) is 99.0 cm³/mol. The molecule has 0 N–H and O–H groups in total. The number of esters is 4. The monoisotopic (exact) mass is 424 g/mol. The molecule has 1 aromatic rings. The number of rotatable bonds is 7. The topological polar surface area (TPSA) is 124 Å². The summed E-state index contributed by atoms with van der Waals surface area (Å²) in [6, 6.07) is 8.52. The minimum atomic E-state index is -1.27. The first-order valence-electron chi connectivity index (χ1n) is 9.19.